The molecule has 0 spiro atoms. The topological polar surface area (TPSA) is 51.5 Å². The van der Waals surface area contributed by atoms with Crippen molar-refractivity contribution >= 4 is 28.6 Å². The van der Waals surface area contributed by atoms with Gasteiger partial charge in [0.1, 0.15) is 11.4 Å². The second-order valence-corrected chi connectivity index (χ2v) is 4.89. The molecule has 0 fully saturated rings. The summed E-state index contributed by atoms with van der Waals surface area (Å²) >= 11 is 2.10. The molecule has 0 bridgehead atoms. The molecule has 94 valence electrons. The Kier molecular flexibility index (Phi) is 3.90. The fourth-order valence-corrected chi connectivity index (χ4v) is 2.25. The average Bonchev–Trinajstić information content (AvgIpc) is 2.73. The Balaban J connectivity index is 2.39. The summed E-state index contributed by atoms with van der Waals surface area (Å²) in [6, 6.07) is 8.98. The molecule has 0 saturated heterocycles. The number of aromatic nitrogens is 1. The van der Waals surface area contributed by atoms with Gasteiger partial charge >= 0.3 is 5.97 Å². The lowest BCUT2D eigenvalue weighted by atomic mass is 10.3. The SMILES string of the molecule is CCOc1ccc(-n2cc(I)cc2C(=O)O)cc1. The number of carboxylic acids is 1. The van der Waals surface area contributed by atoms with Gasteiger partial charge in [-0.15, -0.1) is 0 Å². The van der Waals surface area contributed by atoms with Crippen molar-refractivity contribution in [3.05, 3.63) is 45.8 Å². The van der Waals surface area contributed by atoms with Crippen molar-refractivity contribution in [3.63, 3.8) is 0 Å². The first kappa shape index (κ1) is 12.9. The van der Waals surface area contributed by atoms with Gasteiger partial charge in [0.25, 0.3) is 0 Å². The predicted molar refractivity (Wildman–Crippen MR) is 76.6 cm³/mol. The van der Waals surface area contributed by atoms with Crippen molar-refractivity contribution in [2.24, 2.45) is 0 Å². The molecule has 1 aromatic carbocycles. The molecule has 2 rings (SSSR count). The molecule has 2 aromatic rings. The maximum absolute atomic E-state index is 11.1. The summed E-state index contributed by atoms with van der Waals surface area (Å²) in [5.74, 6) is -0.160. The monoisotopic (exact) mass is 357 g/mol. The molecule has 0 unspecified atom stereocenters. The highest BCUT2D eigenvalue weighted by molar-refractivity contribution is 14.1. The van der Waals surface area contributed by atoms with Crippen LogP contribution in [0.25, 0.3) is 5.69 Å². The van der Waals surface area contributed by atoms with Gasteiger partial charge in [0, 0.05) is 15.5 Å². The summed E-state index contributed by atoms with van der Waals surface area (Å²) in [4.78, 5) is 11.1. The maximum atomic E-state index is 11.1. The molecule has 1 aromatic heterocycles. The summed E-state index contributed by atoms with van der Waals surface area (Å²) in [5, 5.41) is 9.13. The third-order valence-electron chi connectivity index (χ3n) is 2.43. The van der Waals surface area contributed by atoms with Crippen LogP contribution >= 0.6 is 22.6 Å². The first-order valence-electron chi connectivity index (χ1n) is 5.46. The van der Waals surface area contributed by atoms with Crippen molar-refractivity contribution in [2.75, 3.05) is 6.61 Å². The largest absolute Gasteiger partial charge is 0.494 e. The average molecular weight is 357 g/mol. The molecule has 4 nitrogen and oxygen atoms in total. The van der Waals surface area contributed by atoms with Gasteiger partial charge in [-0.2, -0.15) is 0 Å². The van der Waals surface area contributed by atoms with Crippen LogP contribution in [-0.2, 0) is 0 Å². The van der Waals surface area contributed by atoms with Gasteiger partial charge in [-0.3, -0.25) is 0 Å². The Morgan fingerprint density at radius 3 is 2.61 bits per heavy atom. The molecule has 0 aliphatic heterocycles. The standard InChI is InChI=1S/C13H12INO3/c1-2-18-11-5-3-10(4-6-11)15-8-9(14)7-12(15)13(16)17/h3-8H,2H2,1H3,(H,16,17). The van der Waals surface area contributed by atoms with E-state index in [4.69, 9.17) is 9.84 Å². The zero-order valence-electron chi connectivity index (χ0n) is 9.76. The maximum Gasteiger partial charge on any atom is 0.352 e. The number of hydrogen-bond donors (Lipinski definition) is 1. The number of benzene rings is 1. The van der Waals surface area contributed by atoms with E-state index in [0.717, 1.165) is 15.0 Å². The van der Waals surface area contributed by atoms with Crippen LogP contribution in [0.1, 0.15) is 17.4 Å². The van der Waals surface area contributed by atoms with Gasteiger partial charge in [0.05, 0.1) is 6.61 Å². The Morgan fingerprint density at radius 2 is 2.06 bits per heavy atom. The molecule has 0 radical (unpaired) electrons. The highest BCUT2D eigenvalue weighted by Gasteiger charge is 2.12. The summed E-state index contributed by atoms with van der Waals surface area (Å²) < 4.78 is 7.89. The molecule has 1 N–H and O–H groups in total. The minimum atomic E-state index is -0.938. The third-order valence-corrected chi connectivity index (χ3v) is 3.02. The van der Waals surface area contributed by atoms with E-state index < -0.39 is 5.97 Å². The van der Waals surface area contributed by atoms with E-state index in [9.17, 15) is 4.79 Å². The predicted octanol–water partition coefficient (Wildman–Crippen LogP) is 3.18. The van der Waals surface area contributed by atoms with Crippen LogP contribution in [-0.4, -0.2) is 22.2 Å². The van der Waals surface area contributed by atoms with Gasteiger partial charge in [0.15, 0.2) is 0 Å². The van der Waals surface area contributed by atoms with E-state index >= 15 is 0 Å². The highest BCUT2D eigenvalue weighted by atomic mass is 127. The molecule has 0 amide bonds. The van der Waals surface area contributed by atoms with Gasteiger partial charge in [0.2, 0.25) is 0 Å². The van der Waals surface area contributed by atoms with Crippen LogP contribution in [0.4, 0.5) is 0 Å². The zero-order valence-corrected chi connectivity index (χ0v) is 11.9. The Bertz CT molecular complexity index is 560. The molecule has 0 aliphatic carbocycles. The summed E-state index contributed by atoms with van der Waals surface area (Å²) in [6.45, 7) is 2.53. The summed E-state index contributed by atoms with van der Waals surface area (Å²) in [6.07, 6.45) is 1.79. The van der Waals surface area contributed by atoms with E-state index in [1.165, 1.54) is 0 Å². The first-order chi connectivity index (χ1) is 8.61. The van der Waals surface area contributed by atoms with Crippen molar-refractivity contribution in [2.45, 2.75) is 6.92 Å². The number of halogens is 1. The summed E-state index contributed by atoms with van der Waals surface area (Å²) in [7, 11) is 0. The Morgan fingerprint density at radius 1 is 1.39 bits per heavy atom. The molecule has 0 aliphatic rings. The van der Waals surface area contributed by atoms with Crippen LogP contribution in [0.5, 0.6) is 5.75 Å². The number of rotatable bonds is 4. The molecule has 18 heavy (non-hydrogen) atoms. The van der Waals surface area contributed by atoms with Crippen molar-refractivity contribution in [3.8, 4) is 11.4 Å². The minimum Gasteiger partial charge on any atom is -0.494 e. The Labute approximate surface area is 118 Å². The van der Waals surface area contributed by atoms with Crippen molar-refractivity contribution < 1.29 is 14.6 Å². The van der Waals surface area contributed by atoms with E-state index in [1.54, 1.807) is 16.8 Å². The lowest BCUT2D eigenvalue weighted by molar-refractivity contribution is 0.0688. The van der Waals surface area contributed by atoms with Gasteiger partial charge < -0.3 is 14.4 Å². The molecule has 5 heteroatoms. The lowest BCUT2D eigenvalue weighted by Crippen LogP contribution is -2.05. The highest BCUT2D eigenvalue weighted by Crippen LogP contribution is 2.20. The molecular formula is C13H12INO3. The van der Waals surface area contributed by atoms with E-state index in [0.29, 0.717) is 6.61 Å². The molecule has 0 saturated carbocycles. The number of carbonyl (C=O) groups is 1. The van der Waals surface area contributed by atoms with E-state index in [1.807, 2.05) is 31.2 Å². The lowest BCUT2D eigenvalue weighted by Gasteiger charge is -2.08. The third kappa shape index (κ3) is 2.66. The number of ether oxygens (including phenoxy) is 1. The minimum absolute atomic E-state index is 0.253. The van der Waals surface area contributed by atoms with Gasteiger partial charge in [-0.25, -0.2) is 4.79 Å². The van der Waals surface area contributed by atoms with E-state index in [-0.39, 0.29) is 5.69 Å². The second kappa shape index (κ2) is 5.43. The van der Waals surface area contributed by atoms with Crippen LogP contribution in [0.2, 0.25) is 0 Å². The summed E-state index contributed by atoms with van der Waals surface area (Å²) in [5.41, 5.74) is 1.06. The number of aromatic carboxylic acids is 1. The van der Waals surface area contributed by atoms with Gasteiger partial charge in [-0.1, -0.05) is 0 Å². The second-order valence-electron chi connectivity index (χ2n) is 3.65. The van der Waals surface area contributed by atoms with Crippen LogP contribution in [0.3, 0.4) is 0 Å². The van der Waals surface area contributed by atoms with Crippen LogP contribution in [0.15, 0.2) is 36.5 Å². The number of nitrogens with zero attached hydrogens (tertiary/aromatic N) is 1. The van der Waals surface area contributed by atoms with Gasteiger partial charge in [-0.05, 0) is 59.8 Å². The first-order valence-corrected chi connectivity index (χ1v) is 6.54. The Hall–Kier alpha value is -1.50. The smallest absolute Gasteiger partial charge is 0.352 e. The number of carboxylic acid groups (broad SMARTS) is 1. The normalized spacial score (nSPS) is 10.3. The molecule has 0 atom stereocenters. The zero-order chi connectivity index (χ0) is 13.1. The van der Waals surface area contributed by atoms with Crippen LogP contribution in [0, 0.1) is 3.57 Å². The van der Waals surface area contributed by atoms with Crippen LogP contribution < -0.4 is 4.74 Å². The number of hydrogen-bond acceptors (Lipinski definition) is 2. The molecule has 1 heterocycles. The van der Waals surface area contributed by atoms with Crippen molar-refractivity contribution in [1.82, 2.24) is 4.57 Å². The van der Waals surface area contributed by atoms with Crippen molar-refractivity contribution in [1.29, 1.82) is 0 Å². The van der Waals surface area contributed by atoms with E-state index in [2.05, 4.69) is 22.6 Å². The molecular weight excluding hydrogens is 345 g/mol. The quantitative estimate of drug-likeness (QED) is 0.856. The fourth-order valence-electron chi connectivity index (χ4n) is 1.68. The fraction of sp³-hybridized carbons (Fsp3) is 0.154.